The molecule has 0 saturated carbocycles. The molecule has 152 valence electrons. The van der Waals surface area contributed by atoms with E-state index >= 15 is 0 Å². The Morgan fingerprint density at radius 2 is 1.57 bits per heavy atom. The maximum atomic E-state index is 13.5. The SMILES string of the molecule is CC(C)(C)c1ccc(C(C)(C)C)c(S(=O)(=O)c2ccc(OCC3CO3)cc2)c1. The maximum absolute atomic E-state index is 13.5. The molecule has 3 rings (SSSR count). The lowest BCUT2D eigenvalue weighted by atomic mass is 9.82. The second kappa shape index (κ2) is 7.20. The predicted octanol–water partition coefficient (Wildman–Crippen LogP) is 4.89. The molecule has 0 spiro atoms. The summed E-state index contributed by atoms with van der Waals surface area (Å²) in [6.07, 6.45) is 0.165. The highest BCUT2D eigenvalue weighted by Gasteiger charge is 2.29. The van der Waals surface area contributed by atoms with Crippen LogP contribution in [0, 0.1) is 0 Å². The molecular formula is C23H30O4S. The van der Waals surface area contributed by atoms with Gasteiger partial charge in [0, 0.05) is 0 Å². The molecule has 1 atom stereocenters. The number of benzene rings is 2. The Bertz CT molecular complexity index is 942. The topological polar surface area (TPSA) is 55.9 Å². The molecule has 0 amide bonds. The van der Waals surface area contributed by atoms with Crippen molar-refractivity contribution in [1.29, 1.82) is 0 Å². The van der Waals surface area contributed by atoms with Crippen LogP contribution < -0.4 is 4.74 Å². The summed E-state index contributed by atoms with van der Waals surface area (Å²) >= 11 is 0. The van der Waals surface area contributed by atoms with Gasteiger partial charge in [-0.3, -0.25) is 0 Å². The molecule has 2 aromatic rings. The van der Waals surface area contributed by atoms with E-state index < -0.39 is 9.84 Å². The summed E-state index contributed by atoms with van der Waals surface area (Å²) in [5.74, 6) is 0.647. The Morgan fingerprint density at radius 1 is 0.964 bits per heavy atom. The molecule has 0 N–H and O–H groups in total. The molecule has 0 aliphatic carbocycles. The van der Waals surface area contributed by atoms with Gasteiger partial charge in [-0.25, -0.2) is 8.42 Å². The predicted molar refractivity (Wildman–Crippen MR) is 111 cm³/mol. The Hall–Kier alpha value is -1.85. The molecule has 28 heavy (non-hydrogen) atoms. The smallest absolute Gasteiger partial charge is 0.206 e. The highest BCUT2D eigenvalue weighted by molar-refractivity contribution is 7.91. The first kappa shape index (κ1) is 20.9. The summed E-state index contributed by atoms with van der Waals surface area (Å²) in [7, 11) is -3.65. The molecule has 2 aromatic carbocycles. The third kappa shape index (κ3) is 4.58. The summed E-state index contributed by atoms with van der Waals surface area (Å²) in [5.41, 5.74) is 1.41. The number of epoxide rings is 1. The first-order chi connectivity index (χ1) is 12.9. The zero-order valence-corrected chi connectivity index (χ0v) is 18.4. The van der Waals surface area contributed by atoms with Gasteiger partial charge < -0.3 is 9.47 Å². The monoisotopic (exact) mass is 402 g/mol. The minimum absolute atomic E-state index is 0.136. The van der Waals surface area contributed by atoms with Crippen LogP contribution in [-0.2, 0) is 25.4 Å². The average molecular weight is 403 g/mol. The van der Waals surface area contributed by atoms with Gasteiger partial charge in [0.25, 0.3) is 0 Å². The van der Waals surface area contributed by atoms with E-state index in [1.54, 1.807) is 24.3 Å². The quantitative estimate of drug-likeness (QED) is 0.668. The van der Waals surface area contributed by atoms with Crippen molar-refractivity contribution in [3.05, 3.63) is 53.6 Å². The second-order valence-electron chi connectivity index (χ2n) is 9.45. The van der Waals surface area contributed by atoms with Crippen molar-refractivity contribution >= 4 is 9.84 Å². The zero-order valence-electron chi connectivity index (χ0n) is 17.6. The van der Waals surface area contributed by atoms with E-state index in [2.05, 4.69) is 20.8 Å². The number of hydrogen-bond acceptors (Lipinski definition) is 4. The molecule has 0 aromatic heterocycles. The van der Waals surface area contributed by atoms with Crippen LogP contribution in [0.2, 0.25) is 0 Å². The normalized spacial score (nSPS) is 17.4. The van der Waals surface area contributed by atoms with Crippen LogP contribution in [0.1, 0.15) is 52.7 Å². The van der Waals surface area contributed by atoms with Crippen molar-refractivity contribution in [2.45, 2.75) is 68.3 Å². The average Bonchev–Trinajstić information content (AvgIpc) is 3.42. The minimum Gasteiger partial charge on any atom is -0.491 e. The Morgan fingerprint density at radius 3 is 2.07 bits per heavy atom. The molecule has 5 heteroatoms. The number of ether oxygens (including phenoxy) is 2. The second-order valence-corrected chi connectivity index (χ2v) is 11.4. The van der Waals surface area contributed by atoms with Crippen LogP contribution in [0.4, 0.5) is 0 Å². The van der Waals surface area contributed by atoms with E-state index in [-0.39, 0.29) is 21.8 Å². The van der Waals surface area contributed by atoms with E-state index in [4.69, 9.17) is 9.47 Å². The van der Waals surface area contributed by atoms with Crippen LogP contribution in [0.5, 0.6) is 5.75 Å². The molecule has 4 nitrogen and oxygen atoms in total. The van der Waals surface area contributed by atoms with Gasteiger partial charge in [0.2, 0.25) is 9.84 Å². The maximum Gasteiger partial charge on any atom is 0.206 e. The van der Waals surface area contributed by atoms with E-state index in [0.717, 1.165) is 17.7 Å². The number of rotatable bonds is 5. The van der Waals surface area contributed by atoms with Gasteiger partial charge in [-0.05, 0) is 52.3 Å². The lowest BCUT2D eigenvalue weighted by Crippen LogP contribution is -2.20. The van der Waals surface area contributed by atoms with Gasteiger partial charge in [0.15, 0.2) is 0 Å². The fourth-order valence-electron chi connectivity index (χ4n) is 3.03. The van der Waals surface area contributed by atoms with Crippen molar-refractivity contribution in [3.8, 4) is 5.75 Å². The molecule has 1 aliphatic rings. The van der Waals surface area contributed by atoms with E-state index in [1.807, 2.05) is 39.0 Å². The molecule has 1 saturated heterocycles. The summed E-state index contributed by atoms with van der Waals surface area (Å²) in [6, 6.07) is 12.5. The van der Waals surface area contributed by atoms with Crippen molar-refractivity contribution < 1.29 is 17.9 Å². The Balaban J connectivity index is 2.01. The highest BCUT2D eigenvalue weighted by Crippen LogP contribution is 2.36. The van der Waals surface area contributed by atoms with Crippen molar-refractivity contribution in [2.75, 3.05) is 13.2 Å². The molecule has 1 unspecified atom stereocenters. The van der Waals surface area contributed by atoms with Gasteiger partial charge >= 0.3 is 0 Å². The summed E-state index contributed by atoms with van der Waals surface area (Å²) < 4.78 is 37.8. The van der Waals surface area contributed by atoms with Crippen molar-refractivity contribution in [3.63, 3.8) is 0 Å². The van der Waals surface area contributed by atoms with Crippen LogP contribution in [0.25, 0.3) is 0 Å². The van der Waals surface area contributed by atoms with E-state index in [0.29, 0.717) is 17.3 Å². The number of sulfone groups is 1. The van der Waals surface area contributed by atoms with Crippen molar-refractivity contribution in [1.82, 2.24) is 0 Å². The Kier molecular flexibility index (Phi) is 5.36. The summed E-state index contributed by atoms with van der Waals surface area (Å²) in [4.78, 5) is 0.659. The van der Waals surface area contributed by atoms with Gasteiger partial charge in [0.05, 0.1) is 16.4 Å². The molecule has 1 aliphatic heterocycles. The lowest BCUT2D eigenvalue weighted by Gasteiger charge is -2.26. The van der Waals surface area contributed by atoms with Crippen LogP contribution in [-0.4, -0.2) is 27.7 Å². The summed E-state index contributed by atoms with van der Waals surface area (Å²) in [6.45, 7) is 13.6. The van der Waals surface area contributed by atoms with Gasteiger partial charge in [0.1, 0.15) is 18.5 Å². The largest absolute Gasteiger partial charge is 0.491 e. The Labute approximate surface area is 168 Å². The first-order valence-electron chi connectivity index (χ1n) is 9.63. The first-order valence-corrected chi connectivity index (χ1v) is 11.1. The molecular weight excluding hydrogens is 372 g/mol. The fourth-order valence-corrected chi connectivity index (χ4v) is 4.72. The molecule has 1 heterocycles. The standard InChI is InChI=1S/C23H30O4S/c1-22(2,3)16-7-12-20(23(4,5)6)21(13-16)28(24,25)19-10-8-17(9-11-19)26-14-18-15-27-18/h7-13,18H,14-15H2,1-6H3. The lowest BCUT2D eigenvalue weighted by molar-refractivity contribution is 0.263. The third-order valence-electron chi connectivity index (χ3n) is 4.92. The molecule has 0 bridgehead atoms. The minimum atomic E-state index is -3.65. The van der Waals surface area contributed by atoms with Gasteiger partial charge in [-0.15, -0.1) is 0 Å². The van der Waals surface area contributed by atoms with E-state index in [9.17, 15) is 8.42 Å². The van der Waals surface area contributed by atoms with Crippen molar-refractivity contribution in [2.24, 2.45) is 0 Å². The summed E-state index contributed by atoms with van der Waals surface area (Å²) in [5, 5.41) is 0. The van der Waals surface area contributed by atoms with Gasteiger partial charge in [-0.2, -0.15) is 0 Å². The van der Waals surface area contributed by atoms with E-state index in [1.165, 1.54) is 0 Å². The van der Waals surface area contributed by atoms with Gasteiger partial charge in [-0.1, -0.05) is 53.7 Å². The van der Waals surface area contributed by atoms with Crippen LogP contribution >= 0.6 is 0 Å². The number of hydrogen-bond donors (Lipinski definition) is 0. The third-order valence-corrected chi connectivity index (χ3v) is 6.73. The molecule has 1 fully saturated rings. The molecule has 0 radical (unpaired) electrons. The van der Waals surface area contributed by atoms with Crippen LogP contribution in [0.15, 0.2) is 52.3 Å². The fraction of sp³-hybridized carbons (Fsp3) is 0.478. The zero-order chi connectivity index (χ0) is 20.7. The highest BCUT2D eigenvalue weighted by atomic mass is 32.2. The van der Waals surface area contributed by atoms with Crippen LogP contribution in [0.3, 0.4) is 0 Å².